The lowest BCUT2D eigenvalue weighted by Crippen LogP contribution is -2.29. The third-order valence-electron chi connectivity index (χ3n) is 5.10. The molecule has 2 aromatic carbocycles. The molecule has 0 fully saturated rings. The lowest BCUT2D eigenvalue weighted by atomic mass is 10.0. The highest BCUT2D eigenvalue weighted by atomic mass is 16.6. The van der Waals surface area contributed by atoms with Gasteiger partial charge < -0.3 is 14.0 Å². The van der Waals surface area contributed by atoms with Crippen molar-refractivity contribution in [3.63, 3.8) is 0 Å². The number of oxime groups is 1. The van der Waals surface area contributed by atoms with Crippen molar-refractivity contribution in [1.29, 1.82) is 0 Å². The number of methoxy groups -OCH3 is 1. The Kier molecular flexibility index (Phi) is 6.12. The molecule has 0 aliphatic carbocycles. The van der Waals surface area contributed by atoms with E-state index in [1.165, 1.54) is 5.01 Å². The summed E-state index contributed by atoms with van der Waals surface area (Å²) in [4.78, 5) is 18.1. The molecule has 7 nitrogen and oxygen atoms in total. The highest BCUT2D eigenvalue weighted by Gasteiger charge is 2.35. The van der Waals surface area contributed by atoms with E-state index in [2.05, 4.69) is 10.3 Å². The zero-order valence-electron chi connectivity index (χ0n) is 17.4. The van der Waals surface area contributed by atoms with Gasteiger partial charge in [-0.2, -0.15) is 5.10 Å². The molecule has 1 atom stereocenters. The molecule has 1 aliphatic rings. The second-order valence-electron chi connectivity index (χ2n) is 7.11. The van der Waals surface area contributed by atoms with E-state index in [9.17, 15) is 4.79 Å². The van der Waals surface area contributed by atoms with Gasteiger partial charge in [-0.1, -0.05) is 29.4 Å². The van der Waals surface area contributed by atoms with Crippen LogP contribution in [-0.4, -0.2) is 36.6 Å². The number of hydrogen-bond acceptors (Lipinski definition) is 6. The minimum absolute atomic E-state index is 0.223. The third-order valence-corrected chi connectivity index (χ3v) is 5.10. The van der Waals surface area contributed by atoms with Crippen molar-refractivity contribution in [2.45, 2.75) is 19.4 Å². The van der Waals surface area contributed by atoms with Crippen LogP contribution in [0.15, 0.2) is 81.6 Å². The van der Waals surface area contributed by atoms with Crippen LogP contribution in [0, 0.1) is 6.92 Å². The Bertz CT molecular complexity index is 1090. The molecule has 1 aromatic heterocycles. The maximum atomic E-state index is 12.9. The molecule has 7 heteroatoms. The van der Waals surface area contributed by atoms with Crippen molar-refractivity contribution in [1.82, 2.24) is 5.01 Å². The number of carbonyl (C=O) groups excluding carboxylic acids is 1. The number of amides is 1. The van der Waals surface area contributed by atoms with Crippen LogP contribution in [0.25, 0.3) is 0 Å². The molecule has 31 heavy (non-hydrogen) atoms. The van der Waals surface area contributed by atoms with Crippen LogP contribution in [0.5, 0.6) is 5.75 Å². The number of benzene rings is 2. The molecule has 0 spiro atoms. The van der Waals surface area contributed by atoms with E-state index in [0.717, 1.165) is 28.2 Å². The smallest absolute Gasteiger partial charge is 0.284 e. The van der Waals surface area contributed by atoms with E-state index in [0.29, 0.717) is 12.2 Å². The first-order chi connectivity index (χ1) is 15.2. The second-order valence-corrected chi connectivity index (χ2v) is 7.11. The maximum absolute atomic E-state index is 12.9. The Labute approximate surface area is 180 Å². The molecule has 0 radical (unpaired) electrons. The van der Waals surface area contributed by atoms with Gasteiger partial charge in [0, 0.05) is 6.42 Å². The first-order valence-electron chi connectivity index (χ1n) is 9.94. The predicted octanol–water partition coefficient (Wildman–Crippen LogP) is 4.33. The van der Waals surface area contributed by atoms with Gasteiger partial charge in [-0.05, 0) is 60.0 Å². The highest BCUT2D eigenvalue weighted by molar-refractivity contribution is 6.03. The molecule has 0 bridgehead atoms. The Hall–Kier alpha value is -3.87. The van der Waals surface area contributed by atoms with Crippen molar-refractivity contribution >= 4 is 17.8 Å². The van der Waals surface area contributed by atoms with Gasteiger partial charge >= 0.3 is 0 Å². The van der Waals surface area contributed by atoms with E-state index in [-0.39, 0.29) is 18.6 Å². The maximum Gasteiger partial charge on any atom is 0.284 e. The van der Waals surface area contributed by atoms with Crippen LogP contribution in [0.1, 0.15) is 34.9 Å². The average molecular weight is 417 g/mol. The first-order valence-corrected chi connectivity index (χ1v) is 9.94. The molecular formula is C24H23N3O4. The van der Waals surface area contributed by atoms with Crippen molar-refractivity contribution in [3.05, 3.63) is 89.4 Å². The summed E-state index contributed by atoms with van der Waals surface area (Å²) in [6, 6.07) is 18.7. The zero-order chi connectivity index (χ0) is 21.6. The predicted molar refractivity (Wildman–Crippen MR) is 117 cm³/mol. The summed E-state index contributed by atoms with van der Waals surface area (Å²) in [5.74, 6) is 1.13. The van der Waals surface area contributed by atoms with Crippen LogP contribution >= 0.6 is 0 Å². The number of aryl methyl sites for hydroxylation is 1. The highest BCUT2D eigenvalue weighted by Crippen LogP contribution is 2.33. The van der Waals surface area contributed by atoms with Gasteiger partial charge in [-0.25, -0.2) is 5.01 Å². The summed E-state index contributed by atoms with van der Waals surface area (Å²) in [5.41, 5.74) is 3.73. The number of hydrogen-bond donors (Lipinski definition) is 0. The summed E-state index contributed by atoms with van der Waals surface area (Å²) in [5, 5.41) is 9.93. The minimum atomic E-state index is -0.330. The number of carbonyl (C=O) groups is 1. The average Bonchev–Trinajstić information content (AvgIpc) is 3.48. The molecule has 3 aromatic rings. The van der Waals surface area contributed by atoms with Crippen molar-refractivity contribution in [2.24, 2.45) is 10.3 Å². The van der Waals surface area contributed by atoms with Gasteiger partial charge in [0.1, 0.15) is 17.6 Å². The van der Waals surface area contributed by atoms with Crippen LogP contribution in [0.2, 0.25) is 0 Å². The van der Waals surface area contributed by atoms with Crippen LogP contribution < -0.4 is 4.74 Å². The summed E-state index contributed by atoms with van der Waals surface area (Å²) in [6.07, 6.45) is 3.73. The van der Waals surface area contributed by atoms with E-state index >= 15 is 0 Å². The second kappa shape index (κ2) is 9.30. The van der Waals surface area contributed by atoms with E-state index < -0.39 is 0 Å². The topological polar surface area (TPSA) is 76.6 Å². The molecular weight excluding hydrogens is 394 g/mol. The first kappa shape index (κ1) is 20.4. The molecule has 0 saturated carbocycles. The summed E-state index contributed by atoms with van der Waals surface area (Å²) >= 11 is 0. The SMILES string of the molecule is COc1ccc(C2=NN(C(=O)CO/N=C\c3ccccc3C)[C@H](c3ccco3)C2)cc1. The lowest BCUT2D eigenvalue weighted by molar-refractivity contribution is -0.138. The summed E-state index contributed by atoms with van der Waals surface area (Å²) in [6.45, 7) is 1.76. The van der Waals surface area contributed by atoms with Crippen LogP contribution in [0.3, 0.4) is 0 Å². The fraction of sp³-hybridized carbons (Fsp3) is 0.208. The van der Waals surface area contributed by atoms with Gasteiger partial charge in [0.15, 0.2) is 6.61 Å². The van der Waals surface area contributed by atoms with Crippen molar-refractivity contribution in [3.8, 4) is 5.75 Å². The number of furan rings is 1. The molecule has 1 aliphatic heterocycles. The molecule has 4 rings (SSSR count). The fourth-order valence-electron chi connectivity index (χ4n) is 3.39. The van der Waals surface area contributed by atoms with E-state index in [4.69, 9.17) is 14.0 Å². The van der Waals surface area contributed by atoms with Crippen LogP contribution in [0.4, 0.5) is 0 Å². The van der Waals surface area contributed by atoms with Gasteiger partial charge in [0.05, 0.1) is 25.3 Å². The third kappa shape index (κ3) is 4.66. The monoisotopic (exact) mass is 417 g/mol. The van der Waals surface area contributed by atoms with Crippen molar-refractivity contribution < 1.29 is 18.8 Å². The minimum Gasteiger partial charge on any atom is -0.497 e. The number of ether oxygens (including phenoxy) is 1. The number of hydrazone groups is 1. The lowest BCUT2D eigenvalue weighted by Gasteiger charge is -2.19. The fourth-order valence-corrected chi connectivity index (χ4v) is 3.39. The van der Waals surface area contributed by atoms with Gasteiger partial charge in [-0.15, -0.1) is 0 Å². The molecule has 2 heterocycles. The standard InChI is InChI=1S/C24H23N3O4/c1-17-6-3-4-7-19(17)15-25-31-16-24(28)27-22(23-8-5-13-30-23)14-21(26-27)18-9-11-20(29-2)12-10-18/h3-13,15,22H,14,16H2,1-2H3/b25-15-/t22-/m0/s1. The Morgan fingerprint density at radius 2 is 2.00 bits per heavy atom. The molecule has 0 N–H and O–H groups in total. The molecule has 0 unspecified atom stereocenters. The molecule has 158 valence electrons. The number of nitrogens with zero attached hydrogens (tertiary/aromatic N) is 3. The van der Waals surface area contributed by atoms with Crippen molar-refractivity contribution in [2.75, 3.05) is 13.7 Å². The van der Waals surface area contributed by atoms with E-state index in [1.807, 2.05) is 61.5 Å². The Balaban J connectivity index is 1.47. The zero-order valence-corrected chi connectivity index (χ0v) is 17.4. The van der Waals surface area contributed by atoms with E-state index in [1.54, 1.807) is 25.7 Å². The Morgan fingerprint density at radius 3 is 2.71 bits per heavy atom. The van der Waals surface area contributed by atoms with Gasteiger partial charge in [-0.3, -0.25) is 4.79 Å². The van der Waals surface area contributed by atoms with Gasteiger partial charge in [0.25, 0.3) is 5.91 Å². The summed E-state index contributed by atoms with van der Waals surface area (Å²) in [7, 11) is 1.62. The quantitative estimate of drug-likeness (QED) is 0.424. The molecule has 1 amide bonds. The molecule has 0 saturated heterocycles. The summed E-state index contributed by atoms with van der Waals surface area (Å²) < 4.78 is 10.8. The largest absolute Gasteiger partial charge is 0.497 e. The number of rotatable bonds is 7. The Morgan fingerprint density at radius 1 is 1.19 bits per heavy atom. The van der Waals surface area contributed by atoms with Gasteiger partial charge in [0.2, 0.25) is 0 Å². The normalized spacial score (nSPS) is 15.9. The van der Waals surface area contributed by atoms with Crippen LogP contribution in [-0.2, 0) is 9.63 Å².